The molecule has 0 saturated heterocycles. The summed E-state index contributed by atoms with van der Waals surface area (Å²) in [5.74, 6) is -1.86. The predicted octanol–water partition coefficient (Wildman–Crippen LogP) is 2.29. The highest BCUT2D eigenvalue weighted by atomic mass is 16.5. The molecule has 0 atom stereocenters. The van der Waals surface area contributed by atoms with Crippen LogP contribution in [0.4, 0.5) is 0 Å². The van der Waals surface area contributed by atoms with E-state index in [9.17, 15) is 14.4 Å². The van der Waals surface area contributed by atoms with Crippen molar-refractivity contribution in [2.75, 3.05) is 0 Å². The molecule has 1 aromatic rings. The lowest BCUT2D eigenvalue weighted by atomic mass is 10.3. The first-order valence-electron chi connectivity index (χ1n) is 5.47. The first-order valence-corrected chi connectivity index (χ1v) is 5.47. The first-order chi connectivity index (χ1) is 9.87. The highest BCUT2D eigenvalue weighted by Crippen LogP contribution is 2.07. The Bertz CT molecular complexity index is 472. The van der Waals surface area contributed by atoms with Gasteiger partial charge in [0.2, 0.25) is 0 Å². The summed E-state index contributed by atoms with van der Waals surface area (Å²) in [7, 11) is 0. The number of esters is 1. The lowest BCUT2D eigenvalue weighted by Gasteiger charge is -1.98. The highest BCUT2D eigenvalue weighted by molar-refractivity contribution is 5.83. The number of para-hydroxylation sites is 1. The molecule has 6 nitrogen and oxygen atoms in total. The molecule has 21 heavy (non-hydrogen) atoms. The van der Waals surface area contributed by atoms with Gasteiger partial charge in [-0.25, -0.2) is 14.4 Å². The minimum absolute atomic E-state index is 0.434. The van der Waals surface area contributed by atoms with Crippen LogP contribution in [0.15, 0.2) is 68.3 Å². The van der Waals surface area contributed by atoms with Gasteiger partial charge in [-0.1, -0.05) is 37.9 Å². The number of benzene rings is 1. The van der Waals surface area contributed by atoms with Gasteiger partial charge in [-0.05, 0) is 12.1 Å². The number of ether oxygens (including phenoxy) is 1. The van der Waals surface area contributed by atoms with Crippen molar-refractivity contribution in [1.82, 2.24) is 0 Å². The van der Waals surface area contributed by atoms with Crippen molar-refractivity contribution in [3.63, 3.8) is 0 Å². The number of hydrogen-bond donors (Lipinski definition) is 2. The minimum atomic E-state index is -0.981. The van der Waals surface area contributed by atoms with Gasteiger partial charge in [0.05, 0.1) is 0 Å². The number of carboxylic acid groups (broad SMARTS) is 2. The van der Waals surface area contributed by atoms with Gasteiger partial charge in [0.25, 0.3) is 0 Å². The summed E-state index contributed by atoms with van der Waals surface area (Å²) in [4.78, 5) is 29.1. The zero-order valence-corrected chi connectivity index (χ0v) is 11.3. The fraction of sp³-hybridized carbons (Fsp3) is 0. The number of carbonyl (C=O) groups excluding carboxylic acids is 1. The molecule has 112 valence electrons. The van der Waals surface area contributed by atoms with E-state index in [4.69, 9.17) is 14.9 Å². The highest BCUT2D eigenvalue weighted by Gasteiger charge is 1.95. The molecule has 0 aliphatic rings. The van der Waals surface area contributed by atoms with Crippen LogP contribution < -0.4 is 4.74 Å². The molecule has 0 unspecified atom stereocenters. The lowest BCUT2D eigenvalue weighted by molar-refractivity contribution is -0.132. The molecule has 0 spiro atoms. The number of aliphatic carboxylic acids is 2. The molecular weight excluding hydrogens is 276 g/mol. The zero-order valence-electron chi connectivity index (χ0n) is 11.3. The van der Waals surface area contributed by atoms with Gasteiger partial charge in [-0.3, -0.25) is 0 Å². The Kier molecular flexibility index (Phi) is 12.8. The topological polar surface area (TPSA) is 101 Å². The Hall–Kier alpha value is -3.15. The minimum Gasteiger partial charge on any atom is -0.478 e. The smallest absolute Gasteiger partial charge is 0.335 e. The fourth-order valence-electron chi connectivity index (χ4n) is 0.646. The van der Waals surface area contributed by atoms with Crippen LogP contribution in [0.2, 0.25) is 0 Å². The summed E-state index contributed by atoms with van der Waals surface area (Å²) in [5.41, 5.74) is 0. The molecule has 6 heteroatoms. The lowest BCUT2D eigenvalue weighted by Crippen LogP contribution is -2.02. The second kappa shape index (κ2) is 13.3. The quantitative estimate of drug-likeness (QED) is 0.501. The fourth-order valence-corrected chi connectivity index (χ4v) is 0.646. The van der Waals surface area contributed by atoms with Crippen molar-refractivity contribution in [1.29, 1.82) is 0 Å². The average Bonchev–Trinajstić information content (AvgIpc) is 2.49. The third-order valence-electron chi connectivity index (χ3n) is 1.48. The summed E-state index contributed by atoms with van der Waals surface area (Å²) in [6.07, 6.45) is 2.80. The maximum atomic E-state index is 10.6. The van der Waals surface area contributed by atoms with E-state index in [0.29, 0.717) is 5.75 Å². The molecular formula is C15H16O6. The Morgan fingerprint density at radius 3 is 1.52 bits per heavy atom. The third kappa shape index (κ3) is 16.9. The van der Waals surface area contributed by atoms with Crippen LogP contribution in [-0.4, -0.2) is 28.1 Å². The summed E-state index contributed by atoms with van der Waals surface area (Å²) >= 11 is 0. The first kappa shape index (κ1) is 20.2. The normalized spacial score (nSPS) is 7.62. The van der Waals surface area contributed by atoms with Crippen molar-refractivity contribution in [3.8, 4) is 5.75 Å². The molecule has 0 amide bonds. The van der Waals surface area contributed by atoms with E-state index in [0.717, 1.165) is 18.2 Å². The van der Waals surface area contributed by atoms with Crippen molar-refractivity contribution >= 4 is 17.9 Å². The SMILES string of the molecule is C=CC(=O)O.C=CC(=O)O.C=CC(=O)Oc1ccccc1. The maximum absolute atomic E-state index is 10.6. The van der Waals surface area contributed by atoms with Crippen LogP contribution in [0.25, 0.3) is 0 Å². The van der Waals surface area contributed by atoms with E-state index >= 15 is 0 Å². The Morgan fingerprint density at radius 1 is 0.857 bits per heavy atom. The molecule has 0 aliphatic carbocycles. The second-order valence-corrected chi connectivity index (χ2v) is 3.02. The van der Waals surface area contributed by atoms with Crippen LogP contribution >= 0.6 is 0 Å². The average molecular weight is 292 g/mol. The molecule has 0 bridgehead atoms. The summed E-state index contributed by atoms with van der Waals surface area (Å²) in [6.45, 7) is 9.20. The van der Waals surface area contributed by atoms with Crippen molar-refractivity contribution in [2.45, 2.75) is 0 Å². The summed E-state index contributed by atoms with van der Waals surface area (Å²) in [5, 5.41) is 15.2. The van der Waals surface area contributed by atoms with Crippen LogP contribution in [0.3, 0.4) is 0 Å². The zero-order chi connectivity index (χ0) is 16.7. The van der Waals surface area contributed by atoms with Crippen LogP contribution in [0.5, 0.6) is 5.75 Å². The van der Waals surface area contributed by atoms with Gasteiger partial charge in [-0.2, -0.15) is 0 Å². The van der Waals surface area contributed by atoms with E-state index in [1.807, 2.05) is 6.07 Å². The maximum Gasteiger partial charge on any atom is 0.335 e. The standard InChI is InChI=1S/C9H8O2.2C3H4O2/c1-2-9(10)11-8-6-4-3-5-7-8;2*1-2-3(4)5/h2-7H,1H2;2*2H,1H2,(H,4,5). The Labute approximate surface area is 122 Å². The van der Waals surface area contributed by atoms with E-state index < -0.39 is 17.9 Å². The number of carboxylic acids is 2. The van der Waals surface area contributed by atoms with Gasteiger partial charge < -0.3 is 14.9 Å². The molecule has 2 N–H and O–H groups in total. The van der Waals surface area contributed by atoms with Crippen molar-refractivity contribution in [3.05, 3.63) is 68.3 Å². The molecule has 0 aliphatic heterocycles. The monoisotopic (exact) mass is 292 g/mol. The second-order valence-electron chi connectivity index (χ2n) is 3.02. The Balaban J connectivity index is 0. The molecule has 1 aromatic carbocycles. The number of hydrogen-bond acceptors (Lipinski definition) is 4. The van der Waals surface area contributed by atoms with E-state index in [-0.39, 0.29) is 0 Å². The van der Waals surface area contributed by atoms with Crippen LogP contribution in [-0.2, 0) is 14.4 Å². The van der Waals surface area contributed by atoms with Gasteiger partial charge >= 0.3 is 17.9 Å². The van der Waals surface area contributed by atoms with Gasteiger partial charge in [0.1, 0.15) is 5.75 Å². The summed E-state index contributed by atoms with van der Waals surface area (Å²) < 4.78 is 4.81. The van der Waals surface area contributed by atoms with Gasteiger partial charge in [0.15, 0.2) is 0 Å². The van der Waals surface area contributed by atoms with Gasteiger partial charge in [-0.15, -0.1) is 0 Å². The predicted molar refractivity (Wildman–Crippen MR) is 77.9 cm³/mol. The van der Waals surface area contributed by atoms with Crippen molar-refractivity contribution in [2.24, 2.45) is 0 Å². The molecule has 1 rings (SSSR count). The Morgan fingerprint density at radius 2 is 1.24 bits per heavy atom. The molecule has 0 heterocycles. The molecule has 0 saturated carbocycles. The summed E-state index contributed by atoms with van der Waals surface area (Å²) in [6, 6.07) is 8.87. The van der Waals surface area contributed by atoms with Crippen LogP contribution in [0, 0.1) is 0 Å². The van der Waals surface area contributed by atoms with E-state index in [1.165, 1.54) is 0 Å². The third-order valence-corrected chi connectivity index (χ3v) is 1.48. The van der Waals surface area contributed by atoms with E-state index in [1.54, 1.807) is 24.3 Å². The van der Waals surface area contributed by atoms with Crippen LogP contribution in [0.1, 0.15) is 0 Å². The van der Waals surface area contributed by atoms with Gasteiger partial charge in [0, 0.05) is 18.2 Å². The largest absolute Gasteiger partial charge is 0.478 e. The molecule has 0 fully saturated rings. The van der Waals surface area contributed by atoms with Crippen molar-refractivity contribution < 1.29 is 29.3 Å². The molecule has 0 aromatic heterocycles. The molecule has 0 radical (unpaired) electrons. The number of carbonyl (C=O) groups is 3. The number of rotatable bonds is 4. The van der Waals surface area contributed by atoms with E-state index in [2.05, 4.69) is 19.7 Å².